The summed E-state index contributed by atoms with van der Waals surface area (Å²) >= 11 is 6.11. The van der Waals surface area contributed by atoms with Crippen molar-refractivity contribution in [2.24, 2.45) is 5.92 Å². The van der Waals surface area contributed by atoms with Crippen LogP contribution in [0.5, 0.6) is 5.75 Å². The number of nitrogens with zero attached hydrogens (tertiary/aromatic N) is 2. The quantitative estimate of drug-likeness (QED) is 0.364. The molecule has 5 nitrogen and oxygen atoms in total. The Bertz CT molecular complexity index is 906. The average molecular weight is 471 g/mol. The summed E-state index contributed by atoms with van der Waals surface area (Å²) in [5.41, 5.74) is 2.04. The van der Waals surface area contributed by atoms with E-state index < -0.39 is 0 Å². The summed E-state index contributed by atoms with van der Waals surface area (Å²) in [6.45, 7) is 6.28. The van der Waals surface area contributed by atoms with Crippen LogP contribution < -0.4 is 4.74 Å². The molecule has 0 saturated carbocycles. The summed E-state index contributed by atoms with van der Waals surface area (Å²) < 4.78 is 5.24. The van der Waals surface area contributed by atoms with E-state index in [0.29, 0.717) is 11.6 Å². The lowest BCUT2D eigenvalue weighted by atomic mass is 9.79. The SMILES string of the molecule is CCCCN(CCCC)C(=O)C[C@H]1C(=O)N(Cc2ccc(OC)cc2)[C@@H]1c1ccc(Cl)cc1. The minimum absolute atomic E-state index is 0.0325. The molecule has 6 heteroatoms. The molecule has 1 fully saturated rings. The lowest BCUT2D eigenvalue weighted by Crippen LogP contribution is -2.55. The normalized spacial score (nSPS) is 17.6. The van der Waals surface area contributed by atoms with Crippen LogP contribution in [0.2, 0.25) is 5.02 Å². The largest absolute Gasteiger partial charge is 0.497 e. The third kappa shape index (κ3) is 6.29. The van der Waals surface area contributed by atoms with Crippen LogP contribution in [-0.2, 0) is 16.1 Å². The van der Waals surface area contributed by atoms with Crippen molar-refractivity contribution >= 4 is 23.4 Å². The topological polar surface area (TPSA) is 49.9 Å². The fourth-order valence-corrected chi connectivity index (χ4v) is 4.50. The van der Waals surface area contributed by atoms with E-state index in [1.54, 1.807) is 7.11 Å². The highest BCUT2D eigenvalue weighted by atomic mass is 35.5. The van der Waals surface area contributed by atoms with Crippen molar-refractivity contribution in [2.75, 3.05) is 20.2 Å². The molecule has 2 aromatic rings. The molecule has 33 heavy (non-hydrogen) atoms. The van der Waals surface area contributed by atoms with E-state index in [9.17, 15) is 9.59 Å². The number of β-lactam (4-membered cyclic amide) rings is 1. The molecule has 0 aromatic heterocycles. The highest BCUT2D eigenvalue weighted by Crippen LogP contribution is 2.43. The summed E-state index contributed by atoms with van der Waals surface area (Å²) in [7, 11) is 1.64. The van der Waals surface area contributed by atoms with Gasteiger partial charge in [0, 0.05) is 31.1 Å². The summed E-state index contributed by atoms with van der Waals surface area (Å²) in [4.78, 5) is 30.2. The molecular weight excluding hydrogens is 436 g/mol. The van der Waals surface area contributed by atoms with Gasteiger partial charge in [-0.3, -0.25) is 9.59 Å². The standard InChI is InChI=1S/C27H35ClN2O3/c1-4-6-16-29(17-7-5-2)25(31)18-24-26(21-10-12-22(28)13-11-21)30(27(24)32)19-20-8-14-23(33-3)15-9-20/h8-15,24,26H,4-7,16-19H2,1-3H3/t24-,26-/m1/s1. The molecule has 1 aliphatic heterocycles. The van der Waals surface area contributed by atoms with Gasteiger partial charge in [-0.15, -0.1) is 0 Å². The van der Waals surface area contributed by atoms with Gasteiger partial charge in [0.25, 0.3) is 0 Å². The number of carbonyl (C=O) groups is 2. The highest BCUT2D eigenvalue weighted by Gasteiger charge is 2.48. The maximum Gasteiger partial charge on any atom is 0.229 e. The second kappa shape index (κ2) is 12.1. The van der Waals surface area contributed by atoms with E-state index in [1.807, 2.05) is 58.3 Å². The van der Waals surface area contributed by atoms with Crippen molar-refractivity contribution in [3.05, 3.63) is 64.7 Å². The number of unbranched alkanes of at least 4 members (excludes halogenated alkanes) is 2. The molecule has 1 saturated heterocycles. The Labute approximate surface area is 202 Å². The maximum absolute atomic E-state index is 13.2. The number of hydrogen-bond donors (Lipinski definition) is 0. The van der Waals surface area contributed by atoms with Crippen molar-refractivity contribution < 1.29 is 14.3 Å². The third-order valence-corrected chi connectivity index (χ3v) is 6.60. The molecule has 2 atom stereocenters. The predicted octanol–water partition coefficient (Wildman–Crippen LogP) is 5.87. The Morgan fingerprint density at radius 2 is 1.61 bits per heavy atom. The van der Waals surface area contributed by atoms with Crippen molar-refractivity contribution in [1.29, 1.82) is 0 Å². The molecule has 0 radical (unpaired) electrons. The molecule has 2 aromatic carbocycles. The van der Waals surface area contributed by atoms with Crippen LogP contribution in [0.1, 0.15) is 63.1 Å². The number of methoxy groups -OCH3 is 1. The van der Waals surface area contributed by atoms with Crippen molar-refractivity contribution in [3.8, 4) is 5.75 Å². The molecule has 0 spiro atoms. The lowest BCUT2D eigenvalue weighted by Gasteiger charge is -2.48. The monoisotopic (exact) mass is 470 g/mol. The minimum Gasteiger partial charge on any atom is -0.497 e. The third-order valence-electron chi connectivity index (χ3n) is 6.35. The van der Waals surface area contributed by atoms with Gasteiger partial charge in [-0.1, -0.05) is 62.6 Å². The number of benzene rings is 2. The van der Waals surface area contributed by atoms with Gasteiger partial charge in [0.2, 0.25) is 11.8 Å². The van der Waals surface area contributed by atoms with Crippen LogP contribution in [0.4, 0.5) is 0 Å². The average Bonchev–Trinajstić information content (AvgIpc) is 2.84. The Hall–Kier alpha value is -2.53. The number of ether oxygens (including phenoxy) is 1. The number of halogens is 1. The first-order valence-electron chi connectivity index (χ1n) is 11.9. The zero-order valence-electron chi connectivity index (χ0n) is 19.9. The van der Waals surface area contributed by atoms with Crippen LogP contribution in [0.15, 0.2) is 48.5 Å². The molecule has 0 aliphatic carbocycles. The first-order chi connectivity index (χ1) is 16.0. The molecule has 0 N–H and O–H groups in total. The molecule has 3 rings (SSSR count). The molecule has 0 bridgehead atoms. The van der Waals surface area contributed by atoms with Gasteiger partial charge in [-0.25, -0.2) is 0 Å². The molecular formula is C27H35ClN2O3. The first kappa shape index (κ1) is 25.1. The number of hydrogen-bond acceptors (Lipinski definition) is 3. The van der Waals surface area contributed by atoms with Crippen LogP contribution >= 0.6 is 11.6 Å². The Morgan fingerprint density at radius 3 is 2.15 bits per heavy atom. The molecule has 178 valence electrons. The van der Waals surface area contributed by atoms with Crippen molar-refractivity contribution in [1.82, 2.24) is 9.80 Å². The van der Waals surface area contributed by atoms with Gasteiger partial charge >= 0.3 is 0 Å². The van der Waals surface area contributed by atoms with Crippen molar-refractivity contribution in [3.63, 3.8) is 0 Å². The van der Waals surface area contributed by atoms with Crippen LogP contribution in [-0.4, -0.2) is 41.8 Å². The number of carbonyl (C=O) groups excluding carboxylic acids is 2. The van der Waals surface area contributed by atoms with Crippen molar-refractivity contribution in [2.45, 2.75) is 58.5 Å². The summed E-state index contributed by atoms with van der Waals surface area (Å²) in [6.07, 6.45) is 4.30. The Morgan fingerprint density at radius 1 is 1.00 bits per heavy atom. The van der Waals surface area contributed by atoms with E-state index in [2.05, 4.69) is 13.8 Å². The molecule has 1 aliphatic rings. The minimum atomic E-state index is -0.345. The second-order valence-corrected chi connectivity index (χ2v) is 9.15. The van der Waals surface area contributed by atoms with Gasteiger partial charge < -0.3 is 14.5 Å². The fraction of sp³-hybridized carbons (Fsp3) is 0.481. The van der Waals surface area contributed by atoms with E-state index in [1.165, 1.54) is 0 Å². The number of amides is 2. The Kier molecular flexibility index (Phi) is 9.19. The van der Waals surface area contributed by atoms with E-state index in [-0.39, 0.29) is 30.2 Å². The Balaban J connectivity index is 1.78. The maximum atomic E-state index is 13.2. The lowest BCUT2D eigenvalue weighted by molar-refractivity contribution is -0.162. The second-order valence-electron chi connectivity index (χ2n) is 8.71. The van der Waals surface area contributed by atoms with E-state index in [0.717, 1.165) is 55.6 Å². The molecule has 0 unspecified atom stereocenters. The summed E-state index contributed by atoms with van der Waals surface area (Å²) in [5, 5.41) is 0.657. The first-order valence-corrected chi connectivity index (χ1v) is 12.3. The number of likely N-dealkylation sites (tertiary alicyclic amines) is 1. The van der Waals surface area contributed by atoms with Gasteiger partial charge in [0.05, 0.1) is 19.1 Å². The van der Waals surface area contributed by atoms with Gasteiger partial charge in [0.1, 0.15) is 5.75 Å². The highest BCUT2D eigenvalue weighted by molar-refractivity contribution is 6.30. The number of rotatable bonds is 12. The molecule has 2 amide bonds. The summed E-state index contributed by atoms with van der Waals surface area (Å²) in [6, 6.07) is 15.2. The molecule has 1 heterocycles. The zero-order chi connectivity index (χ0) is 23.8. The van der Waals surface area contributed by atoms with Crippen LogP contribution in [0.3, 0.4) is 0 Å². The van der Waals surface area contributed by atoms with Gasteiger partial charge in [0.15, 0.2) is 0 Å². The van der Waals surface area contributed by atoms with E-state index >= 15 is 0 Å². The smallest absolute Gasteiger partial charge is 0.229 e. The van der Waals surface area contributed by atoms with Gasteiger partial charge in [-0.05, 0) is 48.2 Å². The zero-order valence-corrected chi connectivity index (χ0v) is 20.7. The van der Waals surface area contributed by atoms with E-state index in [4.69, 9.17) is 16.3 Å². The predicted molar refractivity (Wildman–Crippen MR) is 132 cm³/mol. The fourth-order valence-electron chi connectivity index (χ4n) is 4.37. The van der Waals surface area contributed by atoms with Gasteiger partial charge in [-0.2, -0.15) is 0 Å². The van der Waals surface area contributed by atoms with Crippen LogP contribution in [0, 0.1) is 5.92 Å². The van der Waals surface area contributed by atoms with Crippen LogP contribution in [0.25, 0.3) is 0 Å². The summed E-state index contributed by atoms with van der Waals surface area (Å²) in [5.74, 6) is 0.552.